The van der Waals surface area contributed by atoms with Crippen LogP contribution in [0.5, 0.6) is 0 Å². The van der Waals surface area contributed by atoms with Gasteiger partial charge in [0.1, 0.15) is 6.61 Å². The van der Waals surface area contributed by atoms with E-state index in [1.165, 1.54) is 6.92 Å². The van der Waals surface area contributed by atoms with Crippen LogP contribution in [0, 0.1) is 17.8 Å². The van der Waals surface area contributed by atoms with Gasteiger partial charge in [-0.05, 0) is 25.7 Å². The quantitative estimate of drug-likeness (QED) is 0.0922. The molecule has 0 aromatic rings. The van der Waals surface area contributed by atoms with E-state index < -0.39 is 49.6 Å². The van der Waals surface area contributed by atoms with Gasteiger partial charge in [0.2, 0.25) is 0 Å². The van der Waals surface area contributed by atoms with E-state index in [9.17, 15) is 33.8 Å². The molecule has 15 heteroatoms. The Kier molecular flexibility index (Phi) is 20.9. The van der Waals surface area contributed by atoms with E-state index in [4.69, 9.17) is 33.3 Å². The minimum Gasteiger partial charge on any atom is -0.481 e. The number of aliphatic hydroxyl groups is 1. The molecule has 1 heterocycles. The maximum atomic E-state index is 13.2. The summed E-state index contributed by atoms with van der Waals surface area (Å²) in [6.07, 6.45) is 4.27. The van der Waals surface area contributed by atoms with Crippen LogP contribution in [0.2, 0.25) is 0 Å². The summed E-state index contributed by atoms with van der Waals surface area (Å²) < 4.78 is 43.4. The van der Waals surface area contributed by atoms with Crippen LogP contribution in [0.3, 0.4) is 0 Å². The summed E-state index contributed by atoms with van der Waals surface area (Å²) >= 11 is 0. The van der Waals surface area contributed by atoms with E-state index in [0.717, 1.165) is 32.1 Å². The Morgan fingerprint density at radius 1 is 0.905 bits per heavy atom. The summed E-state index contributed by atoms with van der Waals surface area (Å²) in [7, 11) is -5.00. The van der Waals surface area contributed by atoms with Crippen molar-refractivity contribution >= 4 is 25.7 Å². The molecule has 0 bridgehead atoms. The number of ether oxygens (including phenoxy) is 5. The second-order valence-corrected chi connectivity index (χ2v) is 11.5. The van der Waals surface area contributed by atoms with E-state index in [2.05, 4.69) is 0 Å². The molecule has 4 atom stereocenters. The predicted molar refractivity (Wildman–Crippen MR) is 148 cm³/mol. The Hall–Kier alpha value is -1.64. The van der Waals surface area contributed by atoms with Crippen molar-refractivity contribution < 1.29 is 67.2 Å². The molecule has 1 fully saturated rings. The van der Waals surface area contributed by atoms with Crippen LogP contribution in [0.4, 0.5) is 0 Å². The molecule has 1 aliphatic heterocycles. The summed E-state index contributed by atoms with van der Waals surface area (Å²) in [5.41, 5.74) is 0. The van der Waals surface area contributed by atoms with Crippen LogP contribution in [0.25, 0.3) is 0 Å². The fourth-order valence-corrected chi connectivity index (χ4v) is 5.17. The second kappa shape index (κ2) is 22.8. The third-order valence-corrected chi connectivity index (χ3v) is 7.33. The smallest absolute Gasteiger partial charge is 0.469 e. The van der Waals surface area contributed by atoms with Gasteiger partial charge in [0.15, 0.2) is 0 Å². The second-order valence-electron chi connectivity index (χ2n) is 10.3. The lowest BCUT2D eigenvalue weighted by Crippen LogP contribution is -2.36. The monoisotopic (exact) mass is 628 g/mol. The van der Waals surface area contributed by atoms with E-state index in [1.54, 1.807) is 0 Å². The van der Waals surface area contributed by atoms with Gasteiger partial charge in [-0.25, -0.2) is 4.57 Å². The third kappa shape index (κ3) is 18.8. The Morgan fingerprint density at radius 3 is 2.02 bits per heavy atom. The molecule has 1 saturated heterocycles. The van der Waals surface area contributed by atoms with Crippen molar-refractivity contribution in [2.45, 2.75) is 77.2 Å². The number of carboxylic acid groups (broad SMARTS) is 1. The average Bonchev–Trinajstić information content (AvgIpc) is 2.94. The molecule has 1 rings (SSSR count). The number of rotatable bonds is 19. The molecule has 0 spiro atoms. The fraction of sp³-hybridized carbons (Fsp3) is 0.889. The highest BCUT2D eigenvalue weighted by Gasteiger charge is 2.39. The molecule has 4 N–H and O–H groups in total. The summed E-state index contributed by atoms with van der Waals surface area (Å²) in [5, 5.41) is 18.1. The molecule has 0 aromatic carbocycles. The first-order chi connectivity index (χ1) is 20.0. The zero-order valence-electron chi connectivity index (χ0n) is 24.6. The van der Waals surface area contributed by atoms with Gasteiger partial charge in [-0.3, -0.25) is 18.9 Å². The lowest BCUT2D eigenvalue weighted by atomic mass is 9.83. The van der Waals surface area contributed by atoms with Crippen molar-refractivity contribution in [1.29, 1.82) is 0 Å². The van der Waals surface area contributed by atoms with Crippen molar-refractivity contribution in [3.8, 4) is 0 Å². The number of phosphoric ester groups is 1. The average molecular weight is 629 g/mol. The predicted octanol–water partition coefficient (Wildman–Crippen LogP) is 2.46. The SMILES string of the molecule is CC(CC(CC1C(=O)OCCCCCCCCCC1OP(=O)(O)O)C(=O)OCCOCCOCCOCCO)C(=O)O. The highest BCUT2D eigenvalue weighted by molar-refractivity contribution is 7.46. The molecular formula is C27H49O14P. The van der Waals surface area contributed by atoms with Gasteiger partial charge in [-0.2, -0.15) is 0 Å². The molecule has 42 heavy (non-hydrogen) atoms. The highest BCUT2D eigenvalue weighted by atomic mass is 31.2. The zero-order valence-corrected chi connectivity index (χ0v) is 25.5. The van der Waals surface area contributed by atoms with Crippen molar-refractivity contribution in [3.63, 3.8) is 0 Å². The van der Waals surface area contributed by atoms with Gasteiger partial charge < -0.3 is 43.7 Å². The van der Waals surface area contributed by atoms with Gasteiger partial charge in [-0.1, -0.05) is 45.4 Å². The molecule has 14 nitrogen and oxygen atoms in total. The summed E-state index contributed by atoms with van der Waals surface area (Å²) in [4.78, 5) is 57.0. The number of carboxylic acids is 1. The molecule has 0 saturated carbocycles. The van der Waals surface area contributed by atoms with Gasteiger partial charge in [-0.15, -0.1) is 0 Å². The van der Waals surface area contributed by atoms with Crippen molar-refractivity contribution in [1.82, 2.24) is 0 Å². The van der Waals surface area contributed by atoms with Gasteiger partial charge in [0.25, 0.3) is 0 Å². The number of cyclic esters (lactones) is 1. The Bertz CT molecular complexity index is 804. The largest absolute Gasteiger partial charge is 0.481 e. The van der Waals surface area contributed by atoms with Gasteiger partial charge in [0, 0.05) is 0 Å². The molecule has 1 aliphatic rings. The van der Waals surface area contributed by atoms with Crippen molar-refractivity contribution in [2.24, 2.45) is 17.8 Å². The van der Waals surface area contributed by atoms with E-state index >= 15 is 0 Å². The molecule has 0 radical (unpaired) electrons. The van der Waals surface area contributed by atoms with E-state index in [-0.39, 0.29) is 65.5 Å². The number of carbonyl (C=O) groups is 3. The molecule has 246 valence electrons. The first-order valence-corrected chi connectivity index (χ1v) is 16.2. The normalized spacial score (nSPS) is 20.8. The van der Waals surface area contributed by atoms with Gasteiger partial charge >= 0.3 is 25.7 Å². The van der Waals surface area contributed by atoms with Crippen LogP contribution in [-0.4, -0.2) is 103 Å². The fourth-order valence-electron chi connectivity index (χ4n) is 4.56. The lowest BCUT2D eigenvalue weighted by molar-refractivity contribution is -0.157. The number of phosphoric acid groups is 1. The molecular weight excluding hydrogens is 579 g/mol. The van der Waals surface area contributed by atoms with Crippen molar-refractivity contribution in [2.75, 3.05) is 59.5 Å². The van der Waals surface area contributed by atoms with Crippen LogP contribution < -0.4 is 0 Å². The number of aliphatic carboxylic acids is 1. The van der Waals surface area contributed by atoms with Gasteiger partial charge in [0.05, 0.1) is 76.7 Å². The first-order valence-electron chi connectivity index (χ1n) is 14.7. The minimum atomic E-state index is -5.00. The Morgan fingerprint density at radius 2 is 1.45 bits per heavy atom. The van der Waals surface area contributed by atoms with Crippen LogP contribution >= 0.6 is 7.82 Å². The Balaban J connectivity index is 2.87. The topological polar surface area (TPSA) is 205 Å². The number of esters is 2. The summed E-state index contributed by atoms with van der Waals surface area (Å²) in [5.74, 6) is -5.89. The number of hydrogen-bond donors (Lipinski definition) is 4. The van der Waals surface area contributed by atoms with E-state index in [0.29, 0.717) is 26.1 Å². The molecule has 4 unspecified atom stereocenters. The molecule has 0 aromatic heterocycles. The Labute approximate surface area is 247 Å². The van der Waals surface area contributed by atoms with Crippen LogP contribution in [0.15, 0.2) is 0 Å². The number of carbonyl (C=O) groups excluding carboxylic acids is 2. The lowest BCUT2D eigenvalue weighted by Gasteiger charge is -2.29. The molecule has 0 aliphatic carbocycles. The van der Waals surface area contributed by atoms with Crippen LogP contribution in [0.1, 0.15) is 71.1 Å². The van der Waals surface area contributed by atoms with Crippen molar-refractivity contribution in [3.05, 3.63) is 0 Å². The zero-order chi connectivity index (χ0) is 31.2. The molecule has 0 amide bonds. The van der Waals surface area contributed by atoms with E-state index in [1.807, 2.05) is 0 Å². The van der Waals surface area contributed by atoms with Crippen LogP contribution in [-0.2, 0) is 47.2 Å². The minimum absolute atomic E-state index is 0.0483. The maximum absolute atomic E-state index is 13.2. The maximum Gasteiger partial charge on any atom is 0.469 e. The third-order valence-electron chi connectivity index (χ3n) is 6.78. The first kappa shape index (κ1) is 38.4. The number of hydrogen-bond acceptors (Lipinski definition) is 11. The summed E-state index contributed by atoms with van der Waals surface area (Å²) in [6, 6.07) is 0. The standard InChI is InChI=1S/C27H49O14P/c1-21(25(29)30)19-22(26(31)40-18-17-38-16-15-37-14-13-36-12-10-28)20-23-24(41-42(33,34)35)9-7-5-3-2-4-6-8-11-39-27(23)32/h21-24,28H,2-20H2,1H3,(H,29,30)(H2,33,34,35). The number of aliphatic hydroxyl groups excluding tert-OH is 1. The summed E-state index contributed by atoms with van der Waals surface area (Å²) in [6.45, 7) is 2.80. The highest BCUT2D eigenvalue weighted by Crippen LogP contribution is 2.42.